The lowest BCUT2D eigenvalue weighted by Crippen LogP contribution is -2.42. The van der Waals surface area contributed by atoms with Gasteiger partial charge in [0, 0.05) is 57.8 Å². The highest BCUT2D eigenvalue weighted by atomic mass is 16.5. The Bertz CT molecular complexity index is 373. The topological polar surface area (TPSA) is 42.3 Å². The summed E-state index contributed by atoms with van der Waals surface area (Å²) in [6.07, 6.45) is 6.29. The van der Waals surface area contributed by atoms with E-state index in [9.17, 15) is 0 Å². The molecule has 100 valence electrons. The third kappa shape index (κ3) is 2.91. The zero-order valence-corrected chi connectivity index (χ0v) is 10.8. The largest absolute Gasteiger partial charge is 0.381 e. The highest BCUT2D eigenvalue weighted by molar-refractivity contribution is 4.95. The molecule has 18 heavy (non-hydrogen) atoms. The zero-order valence-electron chi connectivity index (χ0n) is 10.8. The smallest absolute Gasteiger partial charge is 0.122 e. The molecule has 2 aliphatic rings. The molecule has 1 N–H and O–H groups in total. The van der Waals surface area contributed by atoms with Crippen molar-refractivity contribution in [3.05, 3.63) is 18.2 Å². The van der Waals surface area contributed by atoms with Gasteiger partial charge in [-0.2, -0.15) is 0 Å². The molecular formula is C13H22N4O. The fraction of sp³-hybridized carbons (Fsp3) is 0.769. The van der Waals surface area contributed by atoms with Crippen LogP contribution < -0.4 is 5.32 Å². The molecule has 3 heterocycles. The molecule has 0 radical (unpaired) electrons. The molecule has 1 fully saturated rings. The lowest BCUT2D eigenvalue weighted by atomic mass is 10.1. The number of hydrogen-bond donors (Lipinski definition) is 1. The fourth-order valence-corrected chi connectivity index (χ4v) is 2.74. The van der Waals surface area contributed by atoms with Crippen LogP contribution in [0.25, 0.3) is 0 Å². The molecule has 1 aromatic rings. The lowest BCUT2D eigenvalue weighted by molar-refractivity contribution is 0.0768. The number of rotatable bonds is 4. The van der Waals surface area contributed by atoms with Gasteiger partial charge in [-0.1, -0.05) is 0 Å². The minimum atomic E-state index is 0.658. The Morgan fingerprint density at radius 1 is 1.33 bits per heavy atom. The first-order valence-electron chi connectivity index (χ1n) is 6.95. The van der Waals surface area contributed by atoms with Crippen molar-refractivity contribution < 1.29 is 4.74 Å². The molecule has 2 aliphatic heterocycles. The molecule has 5 nitrogen and oxygen atoms in total. The van der Waals surface area contributed by atoms with E-state index in [0.29, 0.717) is 6.04 Å². The van der Waals surface area contributed by atoms with Gasteiger partial charge in [0.15, 0.2) is 0 Å². The van der Waals surface area contributed by atoms with Crippen LogP contribution in [0, 0.1) is 0 Å². The molecule has 1 saturated heterocycles. The van der Waals surface area contributed by atoms with Crippen LogP contribution in [-0.2, 0) is 17.8 Å². The first-order valence-corrected chi connectivity index (χ1v) is 6.95. The molecule has 3 rings (SSSR count). The zero-order chi connectivity index (χ0) is 12.2. The van der Waals surface area contributed by atoms with Crippen molar-refractivity contribution >= 4 is 0 Å². The second-order valence-corrected chi connectivity index (χ2v) is 5.15. The average Bonchev–Trinajstić information content (AvgIpc) is 2.87. The van der Waals surface area contributed by atoms with Gasteiger partial charge >= 0.3 is 0 Å². The summed E-state index contributed by atoms with van der Waals surface area (Å²) in [5.74, 6) is 1.20. The van der Waals surface area contributed by atoms with Gasteiger partial charge < -0.3 is 14.6 Å². The summed E-state index contributed by atoms with van der Waals surface area (Å²) in [6.45, 7) is 7.22. The predicted octanol–water partition coefficient (Wildman–Crippen LogP) is 0.467. The van der Waals surface area contributed by atoms with Crippen LogP contribution in [0.5, 0.6) is 0 Å². The average molecular weight is 250 g/mol. The summed E-state index contributed by atoms with van der Waals surface area (Å²) in [6, 6.07) is 0.658. The fourth-order valence-electron chi connectivity index (χ4n) is 2.74. The van der Waals surface area contributed by atoms with E-state index in [1.807, 2.05) is 6.20 Å². The summed E-state index contributed by atoms with van der Waals surface area (Å²) < 4.78 is 7.62. The van der Waals surface area contributed by atoms with E-state index in [2.05, 4.69) is 26.0 Å². The van der Waals surface area contributed by atoms with E-state index in [-0.39, 0.29) is 0 Å². The number of imidazole rings is 1. The van der Waals surface area contributed by atoms with Crippen molar-refractivity contribution in [3.63, 3.8) is 0 Å². The Kier molecular flexibility index (Phi) is 3.93. The number of fused-ring (bicyclic) bond motifs is 1. The van der Waals surface area contributed by atoms with Crippen LogP contribution in [0.4, 0.5) is 0 Å². The summed E-state index contributed by atoms with van der Waals surface area (Å²) in [4.78, 5) is 6.87. The van der Waals surface area contributed by atoms with Gasteiger partial charge in [-0.15, -0.1) is 0 Å². The first kappa shape index (κ1) is 12.1. The van der Waals surface area contributed by atoms with E-state index in [1.54, 1.807) is 0 Å². The van der Waals surface area contributed by atoms with Gasteiger partial charge in [0.1, 0.15) is 5.82 Å². The van der Waals surface area contributed by atoms with Gasteiger partial charge in [-0.25, -0.2) is 4.98 Å². The molecule has 0 amide bonds. The van der Waals surface area contributed by atoms with Crippen LogP contribution in [0.3, 0.4) is 0 Å². The predicted molar refractivity (Wildman–Crippen MR) is 69.3 cm³/mol. The van der Waals surface area contributed by atoms with Crippen molar-refractivity contribution in [3.8, 4) is 0 Å². The van der Waals surface area contributed by atoms with E-state index in [1.165, 1.54) is 5.82 Å². The Balaban J connectivity index is 1.39. The molecule has 0 unspecified atom stereocenters. The SMILES string of the molecule is c1cn2c(n1)CN(CCNC1CCOCC1)CC2. The number of nitrogens with zero attached hydrogens (tertiary/aromatic N) is 3. The molecule has 0 aliphatic carbocycles. The summed E-state index contributed by atoms with van der Waals surface area (Å²) >= 11 is 0. The third-order valence-electron chi connectivity index (χ3n) is 3.91. The van der Waals surface area contributed by atoms with Crippen LogP contribution in [0.2, 0.25) is 0 Å². The van der Waals surface area contributed by atoms with E-state index >= 15 is 0 Å². The normalized spacial score (nSPS) is 22.0. The molecular weight excluding hydrogens is 228 g/mol. The lowest BCUT2D eigenvalue weighted by Gasteiger charge is -2.29. The van der Waals surface area contributed by atoms with Gasteiger partial charge in [0.25, 0.3) is 0 Å². The molecule has 0 bridgehead atoms. The van der Waals surface area contributed by atoms with Gasteiger partial charge in [-0.05, 0) is 12.8 Å². The summed E-state index contributed by atoms with van der Waals surface area (Å²) in [5, 5.41) is 3.64. The van der Waals surface area contributed by atoms with Gasteiger partial charge in [0.2, 0.25) is 0 Å². The van der Waals surface area contributed by atoms with Crippen molar-refractivity contribution in [1.82, 2.24) is 19.8 Å². The molecule has 0 atom stereocenters. The standard InChI is InChI=1S/C13H22N4O/c1-9-18-10-2-12(1)14-3-5-16-7-8-17-6-4-15-13(17)11-16/h4,6,12,14H,1-3,5,7-11H2. The van der Waals surface area contributed by atoms with Gasteiger partial charge in [0.05, 0.1) is 6.54 Å². The molecule has 0 saturated carbocycles. The molecule has 0 aromatic carbocycles. The molecule has 1 aromatic heterocycles. The van der Waals surface area contributed by atoms with E-state index < -0.39 is 0 Å². The maximum atomic E-state index is 5.36. The van der Waals surface area contributed by atoms with Crippen molar-refractivity contribution in [2.75, 3.05) is 32.8 Å². The van der Waals surface area contributed by atoms with Crippen molar-refractivity contribution in [2.24, 2.45) is 0 Å². The van der Waals surface area contributed by atoms with Crippen LogP contribution in [-0.4, -0.2) is 53.3 Å². The minimum Gasteiger partial charge on any atom is -0.381 e. The monoisotopic (exact) mass is 250 g/mol. The summed E-state index contributed by atoms with van der Waals surface area (Å²) in [5.41, 5.74) is 0. The number of hydrogen-bond acceptors (Lipinski definition) is 4. The van der Waals surface area contributed by atoms with Crippen molar-refractivity contribution in [1.29, 1.82) is 0 Å². The van der Waals surface area contributed by atoms with E-state index in [4.69, 9.17) is 4.74 Å². The maximum Gasteiger partial charge on any atom is 0.122 e. The molecule has 0 spiro atoms. The Morgan fingerprint density at radius 2 is 2.22 bits per heavy atom. The first-order chi connectivity index (χ1) is 8.92. The Morgan fingerprint density at radius 3 is 3.11 bits per heavy atom. The van der Waals surface area contributed by atoms with Crippen molar-refractivity contribution in [2.45, 2.75) is 32.0 Å². The van der Waals surface area contributed by atoms with Crippen LogP contribution >= 0.6 is 0 Å². The van der Waals surface area contributed by atoms with Gasteiger partial charge in [-0.3, -0.25) is 4.90 Å². The third-order valence-corrected chi connectivity index (χ3v) is 3.91. The number of aromatic nitrogens is 2. The number of ether oxygens (including phenoxy) is 1. The highest BCUT2D eigenvalue weighted by Crippen LogP contribution is 2.10. The Labute approximate surface area is 108 Å². The Hall–Kier alpha value is -0.910. The van der Waals surface area contributed by atoms with Crippen LogP contribution in [0.15, 0.2) is 12.4 Å². The quantitative estimate of drug-likeness (QED) is 0.843. The number of nitrogens with one attached hydrogen (secondary N) is 1. The summed E-state index contributed by atoms with van der Waals surface area (Å²) in [7, 11) is 0. The highest BCUT2D eigenvalue weighted by Gasteiger charge is 2.17. The maximum absolute atomic E-state index is 5.36. The van der Waals surface area contributed by atoms with E-state index in [0.717, 1.165) is 58.8 Å². The molecule has 5 heteroatoms. The van der Waals surface area contributed by atoms with Crippen LogP contribution in [0.1, 0.15) is 18.7 Å². The second-order valence-electron chi connectivity index (χ2n) is 5.15. The minimum absolute atomic E-state index is 0.658. The second kappa shape index (κ2) is 5.82.